The molecule has 0 spiro atoms. The minimum absolute atomic E-state index is 0.109. The highest BCUT2D eigenvalue weighted by atomic mass is 16.6. The first-order valence-corrected chi connectivity index (χ1v) is 5.09. The summed E-state index contributed by atoms with van der Waals surface area (Å²) in [4.78, 5) is 24.4. The Hall–Kier alpha value is -2.90. The fourth-order valence-corrected chi connectivity index (χ4v) is 1.41. The van der Waals surface area contributed by atoms with Gasteiger partial charge in [0.1, 0.15) is 12.0 Å². The molecule has 2 aromatic rings. The average molecular weight is 264 g/mol. The zero-order chi connectivity index (χ0) is 14.0. The first kappa shape index (κ1) is 12.6. The van der Waals surface area contributed by atoms with Crippen molar-refractivity contribution in [2.24, 2.45) is 0 Å². The Morgan fingerprint density at radius 3 is 2.84 bits per heavy atom. The van der Waals surface area contributed by atoms with Crippen molar-refractivity contribution in [3.8, 4) is 11.8 Å². The van der Waals surface area contributed by atoms with Crippen molar-refractivity contribution in [2.45, 2.75) is 6.92 Å². The molecule has 1 N–H and O–H groups in total. The van der Waals surface area contributed by atoms with E-state index in [2.05, 4.69) is 4.98 Å². The van der Waals surface area contributed by atoms with Crippen LogP contribution in [-0.2, 0) is 0 Å². The maximum atomic E-state index is 10.8. The Morgan fingerprint density at radius 2 is 2.26 bits per heavy atom. The van der Waals surface area contributed by atoms with Crippen LogP contribution < -0.4 is 4.74 Å². The molecule has 0 amide bonds. The highest BCUT2D eigenvalue weighted by molar-refractivity contribution is 5.84. The molecule has 0 radical (unpaired) electrons. The number of benzene rings is 1. The highest BCUT2D eigenvalue weighted by Gasteiger charge is 2.17. The number of nitrogens with zero attached hydrogens (tertiary/aromatic N) is 2. The first-order valence-electron chi connectivity index (χ1n) is 5.09. The van der Waals surface area contributed by atoms with Crippen molar-refractivity contribution in [1.82, 2.24) is 4.98 Å². The highest BCUT2D eigenvalue weighted by Crippen LogP contribution is 2.30. The quantitative estimate of drug-likeness (QED) is 0.665. The fourth-order valence-electron chi connectivity index (χ4n) is 1.41. The zero-order valence-electron chi connectivity index (χ0n) is 9.69. The molecule has 0 bridgehead atoms. The summed E-state index contributed by atoms with van der Waals surface area (Å²) in [6.07, 6.45) is 0.630. The summed E-state index contributed by atoms with van der Waals surface area (Å²) in [5.74, 6) is -1.08. The minimum Gasteiger partial charge on any atom is -0.476 e. The molecule has 0 aliphatic heterocycles. The predicted molar refractivity (Wildman–Crippen MR) is 61.4 cm³/mol. The van der Waals surface area contributed by atoms with Gasteiger partial charge in [0.2, 0.25) is 0 Å². The molecule has 0 saturated heterocycles. The van der Waals surface area contributed by atoms with Gasteiger partial charge in [-0.25, -0.2) is 4.79 Å². The van der Waals surface area contributed by atoms with Crippen molar-refractivity contribution in [1.29, 1.82) is 0 Å². The van der Waals surface area contributed by atoms with Gasteiger partial charge in [-0.2, -0.15) is 4.98 Å². The number of nitro benzene ring substituents is 1. The molecule has 0 atom stereocenters. The van der Waals surface area contributed by atoms with Crippen LogP contribution in [0.3, 0.4) is 0 Å². The number of carboxylic acid groups (broad SMARTS) is 1. The Kier molecular flexibility index (Phi) is 3.15. The summed E-state index contributed by atoms with van der Waals surface area (Å²) in [6.45, 7) is 1.51. The van der Waals surface area contributed by atoms with Gasteiger partial charge in [0.05, 0.1) is 10.5 Å². The van der Waals surface area contributed by atoms with E-state index in [-0.39, 0.29) is 23.2 Å². The van der Waals surface area contributed by atoms with Gasteiger partial charge < -0.3 is 14.3 Å². The van der Waals surface area contributed by atoms with Crippen LogP contribution in [-0.4, -0.2) is 21.0 Å². The minimum atomic E-state index is -1.26. The van der Waals surface area contributed by atoms with E-state index in [4.69, 9.17) is 14.3 Å². The van der Waals surface area contributed by atoms with Gasteiger partial charge in [0.15, 0.2) is 5.69 Å². The number of aromatic nitrogens is 1. The molecule has 1 aromatic carbocycles. The van der Waals surface area contributed by atoms with Crippen LogP contribution in [0.2, 0.25) is 0 Å². The van der Waals surface area contributed by atoms with Gasteiger partial charge in [-0.05, 0) is 13.0 Å². The third kappa shape index (κ3) is 2.51. The van der Waals surface area contributed by atoms with Crippen molar-refractivity contribution < 1.29 is 24.0 Å². The van der Waals surface area contributed by atoms with Gasteiger partial charge in [-0.15, -0.1) is 0 Å². The third-order valence-electron chi connectivity index (χ3n) is 2.35. The lowest BCUT2D eigenvalue weighted by atomic mass is 10.2. The van der Waals surface area contributed by atoms with E-state index >= 15 is 0 Å². The maximum absolute atomic E-state index is 10.8. The van der Waals surface area contributed by atoms with Crippen LogP contribution in [0.4, 0.5) is 5.69 Å². The Labute approximate surface area is 106 Å². The number of rotatable bonds is 4. The molecule has 98 valence electrons. The maximum Gasteiger partial charge on any atom is 0.399 e. The normalized spacial score (nSPS) is 10.2. The number of carbonyl (C=O) groups is 1. The van der Waals surface area contributed by atoms with E-state index in [1.165, 1.54) is 25.1 Å². The van der Waals surface area contributed by atoms with E-state index < -0.39 is 10.9 Å². The molecule has 19 heavy (non-hydrogen) atoms. The van der Waals surface area contributed by atoms with E-state index in [1.54, 1.807) is 0 Å². The summed E-state index contributed by atoms with van der Waals surface area (Å²) in [5, 5.41) is 19.4. The van der Waals surface area contributed by atoms with Gasteiger partial charge in [-0.3, -0.25) is 10.1 Å². The lowest BCUT2D eigenvalue weighted by Crippen LogP contribution is -1.97. The van der Waals surface area contributed by atoms with E-state index in [0.717, 1.165) is 6.26 Å². The molecule has 0 unspecified atom stereocenters. The molecular weight excluding hydrogens is 256 g/mol. The Morgan fingerprint density at radius 1 is 1.53 bits per heavy atom. The smallest absolute Gasteiger partial charge is 0.399 e. The van der Waals surface area contributed by atoms with Gasteiger partial charge >= 0.3 is 12.0 Å². The monoisotopic (exact) mass is 264 g/mol. The number of hydrogen-bond acceptors (Lipinski definition) is 6. The average Bonchev–Trinajstić information content (AvgIpc) is 2.80. The van der Waals surface area contributed by atoms with Crippen LogP contribution in [0.15, 0.2) is 28.9 Å². The van der Waals surface area contributed by atoms with Crippen LogP contribution in [0.25, 0.3) is 0 Å². The molecule has 0 aliphatic carbocycles. The molecule has 8 nitrogen and oxygen atoms in total. The lowest BCUT2D eigenvalue weighted by Gasteiger charge is -2.04. The van der Waals surface area contributed by atoms with Crippen molar-refractivity contribution >= 4 is 11.7 Å². The number of nitro groups is 1. The standard InChI is InChI=1S/C11H8N2O6/c1-6-8(13(16)17)3-2-4-9(6)19-11-12-7(5-18-11)10(14)15/h2-5H,1H3,(H,14,15). The molecule has 0 aliphatic rings. The van der Waals surface area contributed by atoms with Crippen molar-refractivity contribution in [2.75, 3.05) is 0 Å². The third-order valence-corrected chi connectivity index (χ3v) is 2.35. The lowest BCUT2D eigenvalue weighted by molar-refractivity contribution is -0.385. The van der Waals surface area contributed by atoms with E-state index in [1.807, 2.05) is 0 Å². The molecule has 0 fully saturated rings. The predicted octanol–water partition coefficient (Wildman–Crippen LogP) is 2.38. The van der Waals surface area contributed by atoms with Gasteiger partial charge in [-0.1, -0.05) is 6.07 Å². The summed E-state index contributed by atoms with van der Waals surface area (Å²) in [6, 6.07) is 4.27. The SMILES string of the molecule is Cc1c(Oc2nc(C(=O)O)co2)cccc1[N+](=O)[O-]. The van der Waals surface area contributed by atoms with Crippen molar-refractivity contribution in [3.05, 3.63) is 45.8 Å². The molecular formula is C11H8N2O6. The van der Waals surface area contributed by atoms with E-state index in [0.29, 0.717) is 5.56 Å². The van der Waals surface area contributed by atoms with Crippen LogP contribution in [0, 0.1) is 17.0 Å². The second kappa shape index (κ2) is 4.77. The fraction of sp³-hybridized carbons (Fsp3) is 0.0909. The molecule has 1 heterocycles. The van der Waals surface area contributed by atoms with Gasteiger partial charge in [0.25, 0.3) is 5.69 Å². The summed E-state index contributed by atoms with van der Waals surface area (Å²) in [7, 11) is 0. The van der Waals surface area contributed by atoms with Crippen LogP contribution in [0.5, 0.6) is 11.8 Å². The Balaban J connectivity index is 2.30. The molecule has 2 rings (SSSR count). The summed E-state index contributed by atoms with van der Waals surface area (Å²) >= 11 is 0. The number of oxazole rings is 1. The number of aromatic carboxylic acids is 1. The number of carboxylic acids is 1. The van der Waals surface area contributed by atoms with Crippen LogP contribution >= 0.6 is 0 Å². The first-order chi connectivity index (χ1) is 8.99. The Bertz CT molecular complexity index is 648. The van der Waals surface area contributed by atoms with E-state index in [9.17, 15) is 14.9 Å². The van der Waals surface area contributed by atoms with Gasteiger partial charge in [0, 0.05) is 6.07 Å². The number of hydrogen-bond donors (Lipinski definition) is 1. The zero-order valence-corrected chi connectivity index (χ0v) is 9.69. The molecule has 1 aromatic heterocycles. The second-order valence-corrected chi connectivity index (χ2v) is 3.56. The van der Waals surface area contributed by atoms with Crippen LogP contribution in [0.1, 0.15) is 16.1 Å². The number of ether oxygens (including phenoxy) is 1. The van der Waals surface area contributed by atoms with Crippen molar-refractivity contribution in [3.63, 3.8) is 0 Å². The molecule has 0 saturated carbocycles. The topological polar surface area (TPSA) is 116 Å². The largest absolute Gasteiger partial charge is 0.476 e. The summed E-state index contributed by atoms with van der Waals surface area (Å²) < 4.78 is 9.99. The summed E-state index contributed by atoms with van der Waals surface area (Å²) in [5.41, 5.74) is -0.122. The molecule has 8 heteroatoms. The second-order valence-electron chi connectivity index (χ2n) is 3.56.